The van der Waals surface area contributed by atoms with E-state index in [1.165, 1.54) is 12.1 Å². The van der Waals surface area contributed by atoms with E-state index in [-0.39, 0.29) is 12.4 Å². The summed E-state index contributed by atoms with van der Waals surface area (Å²) < 4.78 is 12.9. The molecule has 1 fully saturated rings. The van der Waals surface area contributed by atoms with Gasteiger partial charge in [-0.1, -0.05) is 12.1 Å². The minimum absolute atomic E-state index is 0.190. The number of halogens is 1. The molecule has 1 aliphatic heterocycles. The van der Waals surface area contributed by atoms with E-state index in [4.69, 9.17) is 0 Å². The minimum atomic E-state index is -0.190. The van der Waals surface area contributed by atoms with Gasteiger partial charge in [0.05, 0.1) is 0 Å². The largest absolute Gasteiger partial charge is 0.396 e. The lowest BCUT2D eigenvalue weighted by Gasteiger charge is -2.43. The van der Waals surface area contributed by atoms with Gasteiger partial charge in [-0.15, -0.1) is 0 Å². The normalized spacial score (nSPS) is 21.6. The number of piperazine rings is 1. The van der Waals surface area contributed by atoms with Crippen LogP contribution >= 0.6 is 0 Å². The average Bonchev–Trinajstić information content (AvgIpc) is 2.43. The molecule has 1 unspecified atom stereocenters. The van der Waals surface area contributed by atoms with Crippen molar-refractivity contribution in [3.8, 4) is 0 Å². The first-order valence-electron chi connectivity index (χ1n) is 7.43. The van der Waals surface area contributed by atoms with Crippen molar-refractivity contribution in [2.75, 3.05) is 26.2 Å². The van der Waals surface area contributed by atoms with Gasteiger partial charge in [0, 0.05) is 44.9 Å². The molecule has 1 atom stereocenters. The lowest BCUT2D eigenvalue weighted by molar-refractivity contribution is 0.0389. The van der Waals surface area contributed by atoms with Gasteiger partial charge in [0.1, 0.15) is 5.82 Å². The van der Waals surface area contributed by atoms with Crippen molar-refractivity contribution in [3.63, 3.8) is 0 Å². The predicted molar refractivity (Wildman–Crippen MR) is 79.0 cm³/mol. The highest BCUT2D eigenvalue weighted by atomic mass is 19.1. The molecule has 2 rings (SSSR count). The molecule has 0 spiro atoms. The van der Waals surface area contributed by atoms with Gasteiger partial charge >= 0.3 is 0 Å². The summed E-state index contributed by atoms with van der Waals surface area (Å²) in [6.07, 6.45) is 0.796. The van der Waals surface area contributed by atoms with Crippen LogP contribution in [0.5, 0.6) is 0 Å². The zero-order valence-electron chi connectivity index (χ0n) is 12.4. The van der Waals surface area contributed by atoms with Gasteiger partial charge in [0.15, 0.2) is 0 Å². The van der Waals surface area contributed by atoms with Gasteiger partial charge in [-0.05, 0) is 38.0 Å². The maximum absolute atomic E-state index is 12.9. The number of nitrogens with zero attached hydrogens (tertiary/aromatic N) is 2. The number of aliphatic hydroxyl groups is 1. The quantitative estimate of drug-likeness (QED) is 0.895. The van der Waals surface area contributed by atoms with Crippen molar-refractivity contribution in [1.82, 2.24) is 9.80 Å². The molecule has 20 heavy (non-hydrogen) atoms. The highest BCUT2D eigenvalue weighted by molar-refractivity contribution is 5.16. The summed E-state index contributed by atoms with van der Waals surface area (Å²) in [7, 11) is 0. The van der Waals surface area contributed by atoms with Crippen LogP contribution in [-0.2, 0) is 6.54 Å². The highest BCUT2D eigenvalue weighted by Crippen LogP contribution is 2.18. The first-order chi connectivity index (χ1) is 9.60. The van der Waals surface area contributed by atoms with Gasteiger partial charge in [-0.25, -0.2) is 4.39 Å². The van der Waals surface area contributed by atoms with Crippen LogP contribution in [0.2, 0.25) is 0 Å². The summed E-state index contributed by atoms with van der Waals surface area (Å²) in [6.45, 7) is 8.53. The third-order valence-corrected chi connectivity index (χ3v) is 4.13. The number of rotatable bonds is 5. The van der Waals surface area contributed by atoms with Crippen LogP contribution in [0.4, 0.5) is 4.39 Å². The maximum Gasteiger partial charge on any atom is 0.123 e. The Hall–Kier alpha value is -0.970. The molecule has 0 bridgehead atoms. The first-order valence-corrected chi connectivity index (χ1v) is 7.43. The smallest absolute Gasteiger partial charge is 0.123 e. The highest BCUT2D eigenvalue weighted by Gasteiger charge is 2.27. The van der Waals surface area contributed by atoms with E-state index in [2.05, 4.69) is 23.6 Å². The zero-order chi connectivity index (χ0) is 14.5. The van der Waals surface area contributed by atoms with Crippen LogP contribution in [0.15, 0.2) is 24.3 Å². The summed E-state index contributed by atoms with van der Waals surface area (Å²) in [6, 6.07) is 7.65. The average molecular weight is 280 g/mol. The summed E-state index contributed by atoms with van der Waals surface area (Å²) >= 11 is 0. The second-order valence-corrected chi connectivity index (χ2v) is 5.85. The Kier molecular flexibility index (Phi) is 5.52. The second kappa shape index (κ2) is 7.16. The summed E-state index contributed by atoms with van der Waals surface area (Å²) in [5.41, 5.74) is 1.13. The Morgan fingerprint density at radius 3 is 2.55 bits per heavy atom. The fourth-order valence-corrected chi connectivity index (χ4v) is 2.84. The van der Waals surface area contributed by atoms with Gasteiger partial charge in [-0.2, -0.15) is 0 Å². The third-order valence-electron chi connectivity index (χ3n) is 4.13. The summed E-state index contributed by atoms with van der Waals surface area (Å²) in [5, 5.41) is 9.27. The molecule has 0 saturated carbocycles. The van der Waals surface area contributed by atoms with Crippen molar-refractivity contribution in [2.45, 2.75) is 38.9 Å². The molecule has 0 radical (unpaired) electrons. The molecule has 1 aromatic rings. The van der Waals surface area contributed by atoms with E-state index < -0.39 is 0 Å². The van der Waals surface area contributed by atoms with Crippen LogP contribution in [-0.4, -0.2) is 53.2 Å². The standard InChI is InChI=1S/C16H25FN2O/c1-13(2)18-8-9-19(16(12-18)7-10-20)11-14-3-5-15(17)6-4-14/h3-6,13,16,20H,7-12H2,1-2H3. The van der Waals surface area contributed by atoms with Crippen molar-refractivity contribution in [3.05, 3.63) is 35.6 Å². The van der Waals surface area contributed by atoms with Crippen LogP contribution < -0.4 is 0 Å². The van der Waals surface area contributed by atoms with Gasteiger partial charge in [0.25, 0.3) is 0 Å². The van der Waals surface area contributed by atoms with Crippen molar-refractivity contribution < 1.29 is 9.50 Å². The first kappa shape index (κ1) is 15.4. The Balaban J connectivity index is 2.00. The van der Waals surface area contributed by atoms with E-state index in [1.807, 2.05) is 12.1 Å². The lowest BCUT2D eigenvalue weighted by atomic mass is 10.1. The van der Waals surface area contributed by atoms with Crippen LogP contribution in [0.3, 0.4) is 0 Å². The van der Waals surface area contributed by atoms with Crippen molar-refractivity contribution in [2.24, 2.45) is 0 Å². The predicted octanol–water partition coefficient (Wildman–Crippen LogP) is 2.10. The minimum Gasteiger partial charge on any atom is -0.396 e. The van der Waals surface area contributed by atoms with Crippen LogP contribution in [0, 0.1) is 5.82 Å². The zero-order valence-corrected chi connectivity index (χ0v) is 12.4. The molecule has 112 valence electrons. The van der Waals surface area contributed by atoms with Gasteiger partial charge in [0.2, 0.25) is 0 Å². The number of hydrogen-bond acceptors (Lipinski definition) is 3. The molecule has 1 aromatic carbocycles. The molecule has 1 aliphatic rings. The fraction of sp³-hybridized carbons (Fsp3) is 0.625. The number of benzene rings is 1. The van der Waals surface area contributed by atoms with E-state index in [0.717, 1.165) is 38.2 Å². The molecule has 0 aromatic heterocycles. The molecule has 4 heteroatoms. The summed E-state index contributed by atoms with van der Waals surface area (Å²) in [5.74, 6) is -0.190. The summed E-state index contributed by atoms with van der Waals surface area (Å²) in [4.78, 5) is 4.86. The molecule has 1 N–H and O–H groups in total. The molecule has 3 nitrogen and oxygen atoms in total. The monoisotopic (exact) mass is 280 g/mol. The van der Waals surface area contributed by atoms with Crippen molar-refractivity contribution >= 4 is 0 Å². The lowest BCUT2D eigenvalue weighted by Crippen LogP contribution is -2.54. The Morgan fingerprint density at radius 1 is 1.25 bits per heavy atom. The SMILES string of the molecule is CC(C)N1CCN(Cc2ccc(F)cc2)C(CCO)C1. The number of hydrogen-bond donors (Lipinski definition) is 1. The second-order valence-electron chi connectivity index (χ2n) is 5.85. The Labute approximate surface area is 121 Å². The van der Waals surface area contributed by atoms with Crippen molar-refractivity contribution in [1.29, 1.82) is 0 Å². The van der Waals surface area contributed by atoms with Gasteiger partial charge < -0.3 is 5.11 Å². The van der Waals surface area contributed by atoms with Crippen LogP contribution in [0.1, 0.15) is 25.8 Å². The topological polar surface area (TPSA) is 26.7 Å². The molecular formula is C16H25FN2O. The van der Waals surface area contributed by atoms with E-state index in [0.29, 0.717) is 12.1 Å². The van der Waals surface area contributed by atoms with E-state index in [1.54, 1.807) is 0 Å². The van der Waals surface area contributed by atoms with E-state index >= 15 is 0 Å². The molecule has 1 saturated heterocycles. The van der Waals surface area contributed by atoms with Gasteiger partial charge in [-0.3, -0.25) is 9.80 Å². The van der Waals surface area contributed by atoms with E-state index in [9.17, 15) is 9.50 Å². The Morgan fingerprint density at radius 2 is 1.95 bits per heavy atom. The molecule has 0 amide bonds. The molecule has 0 aliphatic carbocycles. The maximum atomic E-state index is 12.9. The number of aliphatic hydroxyl groups excluding tert-OH is 1. The van der Waals surface area contributed by atoms with Crippen LogP contribution in [0.25, 0.3) is 0 Å². The molecular weight excluding hydrogens is 255 g/mol. The fourth-order valence-electron chi connectivity index (χ4n) is 2.84. The molecule has 1 heterocycles. The third kappa shape index (κ3) is 4.01. The Bertz CT molecular complexity index is 407.